The number of ether oxygens (including phenoxy) is 10. The summed E-state index contributed by atoms with van der Waals surface area (Å²) < 4.78 is 58.0. The van der Waals surface area contributed by atoms with Crippen LogP contribution in [-0.2, 0) is 81.6 Å². The number of halogens is 3. The number of carbonyl (C=O) groups excluding carboxylic acids is 4. The first kappa shape index (κ1) is 48.0. The van der Waals surface area contributed by atoms with Gasteiger partial charge in [0.05, 0.1) is 26.4 Å². The van der Waals surface area contributed by atoms with Crippen LogP contribution >= 0.6 is 34.8 Å². The molecule has 2 fully saturated rings. The van der Waals surface area contributed by atoms with E-state index < -0.39 is 102 Å². The molecule has 0 bridgehead atoms. The third kappa shape index (κ3) is 15.4. The Morgan fingerprint density at radius 1 is 0.623 bits per heavy atom. The summed E-state index contributed by atoms with van der Waals surface area (Å²) >= 11 is 17.5. The van der Waals surface area contributed by atoms with Gasteiger partial charge in [-0.25, -0.2) is 4.79 Å². The van der Waals surface area contributed by atoms with Crippen LogP contribution in [-0.4, -0.2) is 114 Å². The number of esters is 3. The van der Waals surface area contributed by atoms with E-state index in [-0.39, 0.29) is 26.4 Å². The van der Waals surface area contributed by atoms with Gasteiger partial charge in [-0.3, -0.25) is 14.4 Å². The molecule has 10 atom stereocenters. The van der Waals surface area contributed by atoms with Gasteiger partial charge in [0.15, 0.2) is 24.8 Å². The van der Waals surface area contributed by atoms with Gasteiger partial charge < -0.3 is 57.8 Å². The van der Waals surface area contributed by atoms with Crippen molar-refractivity contribution in [1.82, 2.24) is 5.32 Å². The van der Waals surface area contributed by atoms with E-state index in [4.69, 9.17) is 82.2 Å². The van der Waals surface area contributed by atoms with Crippen LogP contribution in [0, 0.1) is 0 Å². The number of alkyl carbamates (subject to hydrolysis) is 1. The number of aliphatic hydroxyl groups is 1. The number of hydrogen-bond donors (Lipinski definition) is 2. The molecule has 61 heavy (non-hydrogen) atoms. The van der Waals surface area contributed by atoms with Crippen molar-refractivity contribution < 1.29 is 71.7 Å². The fourth-order valence-electron chi connectivity index (χ4n) is 6.62. The predicted octanol–water partition coefficient (Wildman–Crippen LogP) is 5.09. The molecule has 0 unspecified atom stereocenters. The monoisotopic (exact) mass is 911 g/mol. The van der Waals surface area contributed by atoms with Crippen LogP contribution in [0.25, 0.3) is 0 Å². The second-order valence-corrected chi connectivity index (χ2v) is 16.6. The number of alkyl halides is 3. The van der Waals surface area contributed by atoms with Crippen molar-refractivity contribution in [3.63, 3.8) is 0 Å². The van der Waals surface area contributed by atoms with Crippen molar-refractivity contribution in [1.29, 1.82) is 0 Å². The average molecular weight is 913 g/mol. The molecule has 0 spiro atoms. The largest absolute Gasteiger partial charge is 0.463 e. The van der Waals surface area contributed by atoms with Crippen LogP contribution < -0.4 is 5.32 Å². The molecule has 2 saturated heterocycles. The van der Waals surface area contributed by atoms with Gasteiger partial charge in [-0.05, 0) is 16.7 Å². The van der Waals surface area contributed by atoms with Gasteiger partial charge >= 0.3 is 24.0 Å². The quantitative estimate of drug-likeness (QED) is 0.0973. The van der Waals surface area contributed by atoms with Gasteiger partial charge in [0.25, 0.3) is 0 Å². The normalized spacial score (nSPS) is 26.4. The molecule has 5 rings (SSSR count). The Morgan fingerprint density at radius 3 is 1.66 bits per heavy atom. The lowest BCUT2D eigenvalue weighted by molar-refractivity contribution is -0.354. The van der Waals surface area contributed by atoms with E-state index in [1.165, 1.54) is 0 Å². The molecule has 3 aromatic rings. The Balaban J connectivity index is 1.57. The van der Waals surface area contributed by atoms with Gasteiger partial charge in [-0.1, -0.05) is 126 Å². The van der Waals surface area contributed by atoms with Crippen LogP contribution in [0.1, 0.15) is 37.5 Å². The van der Waals surface area contributed by atoms with E-state index in [2.05, 4.69) is 5.32 Å². The fourth-order valence-corrected chi connectivity index (χ4v) is 6.78. The highest BCUT2D eigenvalue weighted by Gasteiger charge is 2.56. The lowest BCUT2D eigenvalue weighted by atomic mass is 9.94. The molecule has 0 radical (unpaired) electrons. The number of hydrogen-bond acceptors (Lipinski definition) is 15. The van der Waals surface area contributed by atoms with Gasteiger partial charge in [-0.2, -0.15) is 0 Å². The first-order chi connectivity index (χ1) is 29.2. The molecule has 2 aliphatic rings. The summed E-state index contributed by atoms with van der Waals surface area (Å²) in [6.45, 7) is 2.20. The SMILES string of the molecule is CC(=O)OC[C@H]1O[C@@H](O[C@@H]2[C@@H](OCc3ccccc3)[C@@H](O)O[C@H](COCc3ccccc3)[C@H]2OCc2ccccc2)[C@H](NC(=O)OCC(Cl)(Cl)Cl)[C@@H](OC(C)=O)[C@@H]1OC(C)=O. The Kier molecular flexibility index (Phi) is 18.4. The third-order valence-electron chi connectivity index (χ3n) is 9.22. The van der Waals surface area contributed by atoms with E-state index >= 15 is 0 Å². The summed E-state index contributed by atoms with van der Waals surface area (Å²) in [6, 6.07) is 26.2. The van der Waals surface area contributed by atoms with E-state index in [0.29, 0.717) is 0 Å². The van der Waals surface area contributed by atoms with E-state index in [9.17, 15) is 24.3 Å². The zero-order valence-electron chi connectivity index (χ0n) is 33.5. The van der Waals surface area contributed by atoms with Crippen LogP contribution in [0.3, 0.4) is 0 Å². The highest BCUT2D eigenvalue weighted by Crippen LogP contribution is 2.35. The van der Waals surface area contributed by atoms with Crippen LogP contribution in [0.2, 0.25) is 0 Å². The molecular weight excluding hydrogens is 865 g/mol. The topological polar surface area (TPSA) is 193 Å². The summed E-state index contributed by atoms with van der Waals surface area (Å²) in [5.41, 5.74) is 2.40. The molecule has 16 nitrogen and oxygen atoms in total. The number of rotatable bonds is 18. The summed E-state index contributed by atoms with van der Waals surface area (Å²) in [5, 5.41) is 14.2. The molecule has 2 heterocycles. The Labute approximate surface area is 367 Å². The number of amides is 1. The summed E-state index contributed by atoms with van der Waals surface area (Å²) in [7, 11) is 0. The minimum absolute atomic E-state index is 0.0252. The van der Waals surface area contributed by atoms with E-state index in [0.717, 1.165) is 37.5 Å². The van der Waals surface area contributed by atoms with Crippen LogP contribution in [0.5, 0.6) is 0 Å². The van der Waals surface area contributed by atoms with Crippen LogP contribution in [0.4, 0.5) is 4.79 Å². The molecule has 0 aliphatic carbocycles. The summed E-state index contributed by atoms with van der Waals surface area (Å²) in [5.74, 6) is -2.40. The highest BCUT2D eigenvalue weighted by atomic mass is 35.6. The Hall–Kier alpha value is -4.07. The third-order valence-corrected chi connectivity index (χ3v) is 9.54. The minimum atomic E-state index is -2.01. The standard InChI is InChI=1S/C42H48Cl3NO15/c1-25(47)53-23-32-35(57-26(2)48)36(58-27(3)49)33(46-41(51)56-24-42(43,44)45)40(60-32)61-37-34(54-20-29-15-9-5-10-16-29)31(22-52-19-28-13-7-4-8-14-28)59-39(50)38(37)55-21-30-17-11-6-12-18-30/h4-18,31-40,50H,19-24H2,1-3H3,(H,46,51)/t31-,32-,33-,34-,35-,36-,37+,38-,39+,40+/m1/s1. The zero-order valence-corrected chi connectivity index (χ0v) is 35.7. The molecule has 332 valence electrons. The summed E-state index contributed by atoms with van der Waals surface area (Å²) in [4.78, 5) is 50.6. The highest BCUT2D eigenvalue weighted by molar-refractivity contribution is 6.67. The van der Waals surface area contributed by atoms with Crippen LogP contribution in [0.15, 0.2) is 91.0 Å². The number of benzene rings is 3. The Bertz CT molecular complexity index is 1840. The summed E-state index contributed by atoms with van der Waals surface area (Å²) in [6.07, 6.45) is -13.7. The maximum Gasteiger partial charge on any atom is 0.407 e. The molecule has 0 aromatic heterocycles. The molecule has 1 amide bonds. The molecule has 2 N–H and O–H groups in total. The fraction of sp³-hybridized carbons (Fsp3) is 0.476. The molecule has 3 aromatic carbocycles. The van der Waals surface area contributed by atoms with E-state index in [1.54, 1.807) is 0 Å². The second kappa shape index (κ2) is 23.4. The second-order valence-electron chi connectivity index (χ2n) is 14.0. The lowest BCUT2D eigenvalue weighted by Crippen LogP contribution is -2.69. The predicted molar refractivity (Wildman–Crippen MR) is 217 cm³/mol. The van der Waals surface area contributed by atoms with Crippen molar-refractivity contribution >= 4 is 58.8 Å². The van der Waals surface area contributed by atoms with Crippen molar-refractivity contribution in [2.45, 2.75) is 106 Å². The number of aliphatic hydroxyl groups excluding tert-OH is 1. The number of carbonyl (C=O) groups is 4. The molecule has 19 heteroatoms. The molecule has 0 saturated carbocycles. The molecule has 2 aliphatic heterocycles. The van der Waals surface area contributed by atoms with Crippen molar-refractivity contribution in [3.8, 4) is 0 Å². The van der Waals surface area contributed by atoms with Gasteiger partial charge in [0, 0.05) is 20.8 Å². The Morgan fingerprint density at radius 2 is 1.13 bits per heavy atom. The van der Waals surface area contributed by atoms with Crippen molar-refractivity contribution in [2.24, 2.45) is 0 Å². The van der Waals surface area contributed by atoms with Crippen molar-refractivity contribution in [3.05, 3.63) is 108 Å². The van der Waals surface area contributed by atoms with Gasteiger partial charge in [-0.15, -0.1) is 0 Å². The minimum Gasteiger partial charge on any atom is -0.463 e. The van der Waals surface area contributed by atoms with Gasteiger partial charge in [0.2, 0.25) is 3.79 Å². The maximum absolute atomic E-state index is 13.4. The van der Waals surface area contributed by atoms with E-state index in [1.807, 2.05) is 91.0 Å². The lowest BCUT2D eigenvalue weighted by Gasteiger charge is -2.49. The molecular formula is C42H48Cl3NO15. The van der Waals surface area contributed by atoms with Crippen molar-refractivity contribution in [2.75, 3.05) is 19.8 Å². The zero-order chi connectivity index (χ0) is 43.9. The average Bonchev–Trinajstić information content (AvgIpc) is 3.21. The van der Waals surface area contributed by atoms with Gasteiger partial charge in [0.1, 0.15) is 49.8 Å². The first-order valence-corrected chi connectivity index (χ1v) is 20.3. The first-order valence-electron chi connectivity index (χ1n) is 19.2. The smallest absolute Gasteiger partial charge is 0.407 e. The maximum atomic E-state index is 13.4. The number of nitrogens with one attached hydrogen (secondary N) is 1.